The molecule has 1 heterocycles. The fourth-order valence-electron chi connectivity index (χ4n) is 2.80. The molecule has 2 aromatic rings. The number of aromatic amines is 1. The molecule has 3 N–H and O–H groups in total. The molecule has 1 aromatic carbocycles. The van der Waals surface area contributed by atoms with Crippen LogP contribution < -0.4 is 5.32 Å². The van der Waals surface area contributed by atoms with Gasteiger partial charge in [0.15, 0.2) is 0 Å². The highest BCUT2D eigenvalue weighted by atomic mass is 19.1. The van der Waals surface area contributed by atoms with E-state index in [9.17, 15) is 13.9 Å². The molecule has 1 aliphatic rings. The molecule has 1 aliphatic carbocycles. The summed E-state index contributed by atoms with van der Waals surface area (Å²) in [6.07, 6.45) is 3.67. The van der Waals surface area contributed by atoms with E-state index in [2.05, 4.69) is 15.5 Å². The number of aryl methyl sites for hydroxylation is 1. The maximum atomic E-state index is 13.6. The second kappa shape index (κ2) is 5.91. The van der Waals surface area contributed by atoms with Crippen LogP contribution >= 0.6 is 0 Å². The molecule has 2 atom stereocenters. The lowest BCUT2D eigenvalue weighted by Gasteiger charge is -2.24. The molecule has 0 amide bonds. The number of fused-ring (bicyclic) bond motifs is 1. The maximum absolute atomic E-state index is 13.6. The van der Waals surface area contributed by atoms with Crippen molar-refractivity contribution >= 4 is 0 Å². The summed E-state index contributed by atoms with van der Waals surface area (Å²) in [6.45, 7) is 0.156. The Morgan fingerprint density at radius 1 is 1.43 bits per heavy atom. The van der Waals surface area contributed by atoms with E-state index in [0.29, 0.717) is 0 Å². The van der Waals surface area contributed by atoms with Crippen LogP contribution in [0.15, 0.2) is 24.4 Å². The summed E-state index contributed by atoms with van der Waals surface area (Å²) in [5.74, 6) is -1.16. The van der Waals surface area contributed by atoms with E-state index in [1.54, 1.807) is 0 Å². The Morgan fingerprint density at radius 3 is 3.14 bits per heavy atom. The maximum Gasteiger partial charge on any atom is 0.129 e. The van der Waals surface area contributed by atoms with Crippen LogP contribution in [-0.4, -0.2) is 21.8 Å². The first kappa shape index (κ1) is 14.2. The number of aromatic nitrogens is 2. The fourth-order valence-corrected chi connectivity index (χ4v) is 2.80. The fraction of sp³-hybridized carbons (Fsp3) is 0.400. The van der Waals surface area contributed by atoms with Crippen molar-refractivity contribution in [2.75, 3.05) is 6.54 Å². The average Bonchev–Trinajstić information content (AvgIpc) is 2.96. The van der Waals surface area contributed by atoms with Crippen molar-refractivity contribution in [3.63, 3.8) is 0 Å². The third kappa shape index (κ3) is 2.96. The molecule has 0 saturated carbocycles. The van der Waals surface area contributed by atoms with Gasteiger partial charge in [-0.2, -0.15) is 5.10 Å². The summed E-state index contributed by atoms with van der Waals surface area (Å²) in [4.78, 5) is 0. The molecule has 6 heteroatoms. The summed E-state index contributed by atoms with van der Waals surface area (Å²) in [5.41, 5.74) is 2.17. The summed E-state index contributed by atoms with van der Waals surface area (Å²) >= 11 is 0. The van der Waals surface area contributed by atoms with Crippen LogP contribution in [-0.2, 0) is 6.42 Å². The van der Waals surface area contributed by atoms with Gasteiger partial charge in [-0.3, -0.25) is 5.10 Å². The minimum Gasteiger partial charge on any atom is -0.387 e. The van der Waals surface area contributed by atoms with E-state index in [-0.39, 0.29) is 18.2 Å². The van der Waals surface area contributed by atoms with Crippen molar-refractivity contribution in [1.29, 1.82) is 0 Å². The van der Waals surface area contributed by atoms with Crippen molar-refractivity contribution in [3.8, 4) is 0 Å². The van der Waals surface area contributed by atoms with Gasteiger partial charge in [-0.05, 0) is 43.0 Å². The van der Waals surface area contributed by atoms with Crippen molar-refractivity contribution in [2.45, 2.75) is 31.4 Å². The monoisotopic (exact) mass is 293 g/mol. The lowest BCUT2D eigenvalue weighted by molar-refractivity contribution is 0.163. The first-order valence-corrected chi connectivity index (χ1v) is 7.03. The Hall–Kier alpha value is -1.79. The molecule has 4 nitrogen and oxygen atoms in total. The second-order valence-electron chi connectivity index (χ2n) is 5.34. The SMILES string of the molecule is OC(CNC1CCCc2cn[nH]c21)c1cc(F)ccc1F. The third-order valence-electron chi connectivity index (χ3n) is 3.91. The number of nitrogens with zero attached hydrogens (tertiary/aromatic N) is 1. The number of hydrogen-bond acceptors (Lipinski definition) is 3. The highest BCUT2D eigenvalue weighted by Crippen LogP contribution is 2.28. The Kier molecular flexibility index (Phi) is 3.98. The van der Waals surface area contributed by atoms with Gasteiger partial charge in [-0.1, -0.05) is 0 Å². The van der Waals surface area contributed by atoms with Crippen LogP contribution in [0.1, 0.15) is 41.8 Å². The summed E-state index contributed by atoms with van der Waals surface area (Å²) < 4.78 is 26.8. The van der Waals surface area contributed by atoms with Crippen LogP contribution in [0.4, 0.5) is 8.78 Å². The van der Waals surface area contributed by atoms with Gasteiger partial charge >= 0.3 is 0 Å². The first-order valence-electron chi connectivity index (χ1n) is 7.03. The number of benzene rings is 1. The van der Waals surface area contributed by atoms with Gasteiger partial charge in [0.05, 0.1) is 18.0 Å². The van der Waals surface area contributed by atoms with Crippen LogP contribution in [0, 0.1) is 11.6 Å². The standard InChI is InChI=1S/C15H17F2N3O/c16-10-4-5-12(17)11(6-10)14(21)8-18-13-3-1-2-9-7-19-20-15(9)13/h4-7,13-14,18,21H,1-3,8H2,(H,19,20). The molecule has 3 rings (SSSR count). The lowest BCUT2D eigenvalue weighted by atomic mass is 9.93. The van der Waals surface area contributed by atoms with E-state index in [4.69, 9.17) is 0 Å². The topological polar surface area (TPSA) is 60.9 Å². The predicted molar refractivity (Wildman–Crippen MR) is 73.6 cm³/mol. The zero-order chi connectivity index (χ0) is 14.8. The number of rotatable bonds is 4. The normalized spacial score (nSPS) is 19.3. The average molecular weight is 293 g/mol. The molecular weight excluding hydrogens is 276 g/mol. The van der Waals surface area contributed by atoms with Crippen LogP contribution in [0.25, 0.3) is 0 Å². The van der Waals surface area contributed by atoms with Crippen LogP contribution in [0.3, 0.4) is 0 Å². The number of aliphatic hydroxyl groups is 1. The number of hydrogen-bond donors (Lipinski definition) is 3. The molecule has 112 valence electrons. The van der Waals surface area contributed by atoms with Crippen LogP contribution in [0.5, 0.6) is 0 Å². The minimum absolute atomic E-state index is 0.0249. The molecule has 0 aliphatic heterocycles. The predicted octanol–water partition coefficient (Wildman–Crippen LogP) is 2.39. The zero-order valence-corrected chi connectivity index (χ0v) is 11.4. The van der Waals surface area contributed by atoms with E-state index in [1.165, 1.54) is 5.56 Å². The van der Waals surface area contributed by atoms with Gasteiger partial charge in [0, 0.05) is 18.2 Å². The molecule has 0 radical (unpaired) electrons. The van der Waals surface area contributed by atoms with E-state index in [0.717, 1.165) is 43.2 Å². The Balaban J connectivity index is 1.67. The Labute approximate surface area is 121 Å². The molecule has 0 fully saturated rings. The van der Waals surface area contributed by atoms with Gasteiger partial charge in [-0.15, -0.1) is 0 Å². The molecule has 0 spiro atoms. The third-order valence-corrected chi connectivity index (χ3v) is 3.91. The highest BCUT2D eigenvalue weighted by molar-refractivity contribution is 5.24. The zero-order valence-electron chi connectivity index (χ0n) is 11.4. The number of H-pyrrole nitrogens is 1. The number of halogens is 2. The van der Waals surface area contributed by atoms with Gasteiger partial charge in [-0.25, -0.2) is 8.78 Å². The van der Waals surface area contributed by atoms with Crippen molar-refractivity contribution in [2.24, 2.45) is 0 Å². The molecule has 21 heavy (non-hydrogen) atoms. The summed E-state index contributed by atoms with van der Waals surface area (Å²) in [6, 6.07) is 3.16. The van der Waals surface area contributed by atoms with E-state index in [1.807, 2.05) is 6.20 Å². The minimum atomic E-state index is -1.09. The van der Waals surface area contributed by atoms with Gasteiger partial charge in [0.2, 0.25) is 0 Å². The second-order valence-corrected chi connectivity index (χ2v) is 5.34. The van der Waals surface area contributed by atoms with Gasteiger partial charge in [0.25, 0.3) is 0 Å². The smallest absolute Gasteiger partial charge is 0.129 e. The largest absolute Gasteiger partial charge is 0.387 e. The molecule has 1 aromatic heterocycles. The molecule has 0 saturated heterocycles. The molecule has 2 unspecified atom stereocenters. The van der Waals surface area contributed by atoms with E-state index >= 15 is 0 Å². The lowest BCUT2D eigenvalue weighted by Crippen LogP contribution is -2.29. The van der Waals surface area contributed by atoms with Gasteiger partial charge < -0.3 is 10.4 Å². The van der Waals surface area contributed by atoms with E-state index < -0.39 is 17.7 Å². The van der Waals surface area contributed by atoms with Crippen molar-refractivity contribution in [3.05, 3.63) is 52.9 Å². The van der Waals surface area contributed by atoms with Crippen LogP contribution in [0.2, 0.25) is 0 Å². The first-order chi connectivity index (χ1) is 10.1. The number of aliphatic hydroxyl groups excluding tert-OH is 1. The highest BCUT2D eigenvalue weighted by Gasteiger charge is 2.23. The Morgan fingerprint density at radius 2 is 2.29 bits per heavy atom. The quantitative estimate of drug-likeness (QED) is 0.811. The number of nitrogens with one attached hydrogen (secondary N) is 2. The summed E-state index contributed by atoms with van der Waals surface area (Å²) in [5, 5.41) is 20.2. The van der Waals surface area contributed by atoms with Crippen molar-refractivity contribution in [1.82, 2.24) is 15.5 Å². The van der Waals surface area contributed by atoms with Gasteiger partial charge in [0.1, 0.15) is 11.6 Å². The molecular formula is C15H17F2N3O. The summed E-state index contributed by atoms with van der Waals surface area (Å²) in [7, 11) is 0. The molecule has 0 bridgehead atoms. The Bertz CT molecular complexity index is 629. The van der Waals surface area contributed by atoms with Crippen molar-refractivity contribution < 1.29 is 13.9 Å².